The molecule has 0 aliphatic rings. The van der Waals surface area contributed by atoms with Crippen LogP contribution in [-0.2, 0) is 11.3 Å². The molecule has 108 valence electrons. The van der Waals surface area contributed by atoms with Gasteiger partial charge in [0, 0.05) is 43.5 Å². The highest BCUT2D eigenvalue weighted by Crippen LogP contribution is 2.06. The number of aliphatic hydroxyl groups excluding tert-OH is 1. The number of carbonyl (C=O) groups is 1. The second-order valence-corrected chi connectivity index (χ2v) is 4.30. The molecule has 0 aromatic carbocycles. The minimum Gasteiger partial charge on any atom is -0.395 e. The molecular formula is C15H16N4O2. The molecule has 0 unspecified atom stereocenters. The van der Waals surface area contributed by atoms with Crippen molar-refractivity contribution in [3.63, 3.8) is 0 Å². The van der Waals surface area contributed by atoms with E-state index in [4.69, 9.17) is 5.11 Å². The van der Waals surface area contributed by atoms with Gasteiger partial charge in [-0.3, -0.25) is 4.79 Å². The summed E-state index contributed by atoms with van der Waals surface area (Å²) in [6.07, 6.45) is 7.52. The van der Waals surface area contributed by atoms with Crippen LogP contribution >= 0.6 is 0 Å². The summed E-state index contributed by atoms with van der Waals surface area (Å²) in [6.45, 7) is 0.609. The summed E-state index contributed by atoms with van der Waals surface area (Å²) in [5, 5.41) is 11.4. The van der Waals surface area contributed by atoms with Crippen molar-refractivity contribution in [2.24, 2.45) is 0 Å². The molecule has 0 saturated heterocycles. The minimum atomic E-state index is -0.114. The number of rotatable bonds is 5. The number of amides is 1. The molecule has 6 heteroatoms. The van der Waals surface area contributed by atoms with Gasteiger partial charge in [0.25, 0.3) is 0 Å². The second kappa shape index (κ2) is 7.82. The number of carbonyl (C=O) groups excluding carboxylic acids is 1. The van der Waals surface area contributed by atoms with Crippen LogP contribution in [0.5, 0.6) is 0 Å². The van der Waals surface area contributed by atoms with Crippen LogP contribution in [0.15, 0.2) is 37.1 Å². The summed E-state index contributed by atoms with van der Waals surface area (Å²) in [7, 11) is 0. The number of hydrogen-bond acceptors (Lipinski definition) is 4. The Balaban J connectivity index is 1.88. The van der Waals surface area contributed by atoms with Crippen molar-refractivity contribution in [2.45, 2.75) is 19.4 Å². The number of aryl methyl sites for hydroxylation is 1. The van der Waals surface area contributed by atoms with Gasteiger partial charge in [-0.05, 0) is 12.1 Å². The van der Waals surface area contributed by atoms with E-state index in [0.29, 0.717) is 25.2 Å². The number of aromatic nitrogens is 3. The Labute approximate surface area is 122 Å². The molecule has 0 bridgehead atoms. The van der Waals surface area contributed by atoms with Gasteiger partial charge in [0.05, 0.1) is 12.9 Å². The zero-order valence-electron chi connectivity index (χ0n) is 11.5. The first kappa shape index (κ1) is 14.8. The highest BCUT2D eigenvalue weighted by molar-refractivity contribution is 5.89. The van der Waals surface area contributed by atoms with Crippen molar-refractivity contribution in [1.29, 1.82) is 0 Å². The third-order valence-corrected chi connectivity index (χ3v) is 2.65. The van der Waals surface area contributed by atoms with Crippen LogP contribution in [0, 0.1) is 11.8 Å². The van der Waals surface area contributed by atoms with Gasteiger partial charge in [0.2, 0.25) is 5.91 Å². The van der Waals surface area contributed by atoms with E-state index >= 15 is 0 Å². The Kier molecular flexibility index (Phi) is 5.50. The lowest BCUT2D eigenvalue weighted by Gasteiger charge is -2.05. The number of pyridine rings is 1. The average molecular weight is 284 g/mol. The van der Waals surface area contributed by atoms with Crippen molar-refractivity contribution < 1.29 is 9.90 Å². The van der Waals surface area contributed by atoms with E-state index in [0.717, 1.165) is 5.56 Å². The van der Waals surface area contributed by atoms with Gasteiger partial charge < -0.3 is 15.0 Å². The van der Waals surface area contributed by atoms with Crippen molar-refractivity contribution in [3.8, 4) is 11.8 Å². The lowest BCUT2D eigenvalue weighted by atomic mass is 10.2. The first-order valence-electron chi connectivity index (χ1n) is 6.59. The summed E-state index contributed by atoms with van der Waals surface area (Å²) in [5.41, 5.74) is 0.753. The van der Waals surface area contributed by atoms with E-state index in [1.165, 1.54) is 0 Å². The zero-order valence-corrected chi connectivity index (χ0v) is 11.5. The lowest BCUT2D eigenvalue weighted by Crippen LogP contribution is -2.14. The Bertz CT molecular complexity index is 641. The van der Waals surface area contributed by atoms with Gasteiger partial charge in [-0.1, -0.05) is 11.8 Å². The largest absolute Gasteiger partial charge is 0.395 e. The van der Waals surface area contributed by atoms with Crippen LogP contribution in [0.4, 0.5) is 5.82 Å². The van der Waals surface area contributed by atoms with Gasteiger partial charge in [0.1, 0.15) is 5.82 Å². The Hall–Kier alpha value is -2.65. The summed E-state index contributed by atoms with van der Waals surface area (Å²) >= 11 is 0. The van der Waals surface area contributed by atoms with Gasteiger partial charge in [-0.25, -0.2) is 9.97 Å². The van der Waals surface area contributed by atoms with E-state index < -0.39 is 0 Å². The zero-order chi connectivity index (χ0) is 14.9. The van der Waals surface area contributed by atoms with Crippen LogP contribution in [0.2, 0.25) is 0 Å². The van der Waals surface area contributed by atoms with Crippen molar-refractivity contribution >= 4 is 11.7 Å². The van der Waals surface area contributed by atoms with Crippen molar-refractivity contribution in [2.75, 3.05) is 11.9 Å². The number of aliphatic hydroxyl groups is 1. The average Bonchev–Trinajstić information content (AvgIpc) is 2.99. The molecule has 0 radical (unpaired) electrons. The second-order valence-electron chi connectivity index (χ2n) is 4.30. The molecule has 0 fully saturated rings. The molecule has 6 nitrogen and oxygen atoms in total. The molecule has 2 rings (SSSR count). The quantitative estimate of drug-likeness (QED) is 0.804. The van der Waals surface area contributed by atoms with Crippen LogP contribution in [0.1, 0.15) is 18.4 Å². The molecule has 2 heterocycles. The topological polar surface area (TPSA) is 80.0 Å². The van der Waals surface area contributed by atoms with Crippen LogP contribution in [0.25, 0.3) is 0 Å². The van der Waals surface area contributed by atoms with Crippen molar-refractivity contribution in [3.05, 3.63) is 42.6 Å². The molecule has 0 saturated carbocycles. The number of nitrogens with one attached hydrogen (secondary N) is 1. The van der Waals surface area contributed by atoms with Gasteiger partial charge in [-0.15, -0.1) is 0 Å². The predicted octanol–water partition coefficient (Wildman–Crippen LogP) is 1.04. The number of imidazole rings is 1. The molecule has 0 atom stereocenters. The fourth-order valence-electron chi connectivity index (χ4n) is 1.65. The number of hydrogen-bond donors (Lipinski definition) is 2. The fourth-order valence-corrected chi connectivity index (χ4v) is 1.65. The fraction of sp³-hybridized carbons (Fsp3) is 0.267. The van der Waals surface area contributed by atoms with Gasteiger partial charge in [0.15, 0.2) is 0 Å². The van der Waals surface area contributed by atoms with Gasteiger partial charge in [-0.2, -0.15) is 0 Å². The third-order valence-electron chi connectivity index (χ3n) is 2.65. The van der Waals surface area contributed by atoms with E-state index in [9.17, 15) is 4.79 Å². The van der Waals surface area contributed by atoms with Crippen molar-refractivity contribution in [1.82, 2.24) is 14.5 Å². The third kappa shape index (κ3) is 5.09. The Morgan fingerprint density at radius 2 is 2.33 bits per heavy atom. The molecule has 2 aromatic heterocycles. The van der Waals surface area contributed by atoms with Gasteiger partial charge >= 0.3 is 0 Å². The molecule has 0 aliphatic carbocycles. The predicted molar refractivity (Wildman–Crippen MR) is 78.3 cm³/mol. The normalized spacial score (nSPS) is 9.76. The standard InChI is InChI=1S/C15H16N4O2/c20-10-2-1-3-13-4-6-17-14(11-13)18-15(21)5-8-19-9-7-16-12-19/h4,6-7,9,11-12,20H,2,5,8,10H2,(H,17,18,21). The number of nitrogens with zero attached hydrogens (tertiary/aromatic N) is 3. The molecule has 0 spiro atoms. The molecule has 1 amide bonds. The monoisotopic (exact) mass is 284 g/mol. The Morgan fingerprint density at radius 3 is 3.10 bits per heavy atom. The molecular weight excluding hydrogens is 268 g/mol. The molecule has 0 aliphatic heterocycles. The SMILES string of the molecule is O=C(CCn1ccnc1)Nc1cc(C#CCCO)ccn1. The lowest BCUT2D eigenvalue weighted by molar-refractivity contribution is -0.116. The van der Waals surface area contributed by atoms with E-state index in [1.807, 2.05) is 10.8 Å². The van der Waals surface area contributed by atoms with E-state index in [-0.39, 0.29) is 12.5 Å². The summed E-state index contributed by atoms with van der Waals surface area (Å²) in [5.74, 6) is 6.08. The molecule has 2 N–H and O–H groups in total. The first-order chi connectivity index (χ1) is 10.3. The van der Waals surface area contributed by atoms with Crippen LogP contribution < -0.4 is 5.32 Å². The minimum absolute atomic E-state index is 0.0376. The highest BCUT2D eigenvalue weighted by Gasteiger charge is 2.04. The number of anilines is 1. The van der Waals surface area contributed by atoms with E-state index in [2.05, 4.69) is 27.1 Å². The summed E-state index contributed by atoms with van der Waals surface area (Å²) < 4.78 is 1.84. The maximum absolute atomic E-state index is 11.8. The summed E-state index contributed by atoms with van der Waals surface area (Å²) in [4.78, 5) is 19.8. The van der Waals surface area contributed by atoms with Crippen LogP contribution in [-0.4, -0.2) is 32.2 Å². The maximum atomic E-state index is 11.8. The molecule has 21 heavy (non-hydrogen) atoms. The first-order valence-corrected chi connectivity index (χ1v) is 6.59. The Morgan fingerprint density at radius 1 is 1.43 bits per heavy atom. The maximum Gasteiger partial charge on any atom is 0.227 e. The summed E-state index contributed by atoms with van der Waals surface area (Å²) in [6, 6.07) is 3.46. The smallest absolute Gasteiger partial charge is 0.227 e. The highest BCUT2D eigenvalue weighted by atomic mass is 16.2. The molecule has 2 aromatic rings. The van der Waals surface area contributed by atoms with Crippen LogP contribution in [0.3, 0.4) is 0 Å². The van der Waals surface area contributed by atoms with E-state index in [1.54, 1.807) is 30.9 Å².